The lowest BCUT2D eigenvalue weighted by Crippen LogP contribution is -2.21. The average Bonchev–Trinajstić information content (AvgIpc) is 3.09. The topological polar surface area (TPSA) is 42.0 Å². The van der Waals surface area contributed by atoms with E-state index in [-0.39, 0.29) is 5.91 Å². The van der Waals surface area contributed by atoms with E-state index in [1.807, 2.05) is 60.7 Å². The highest BCUT2D eigenvalue weighted by Gasteiger charge is 2.09. The Labute approximate surface area is 139 Å². The number of nitrogens with zero attached hydrogens (tertiary/aromatic N) is 1. The fourth-order valence-corrected chi connectivity index (χ4v) is 2.64. The molecular formula is C19H14N2OS. The number of benzene rings is 2. The van der Waals surface area contributed by atoms with E-state index in [1.54, 1.807) is 6.20 Å². The molecule has 4 heteroatoms. The Hall–Kier alpha value is -2.90. The van der Waals surface area contributed by atoms with Crippen LogP contribution in [0.25, 0.3) is 0 Å². The summed E-state index contributed by atoms with van der Waals surface area (Å²) in [4.78, 5) is 16.9. The van der Waals surface area contributed by atoms with Crippen molar-refractivity contribution in [3.63, 3.8) is 0 Å². The van der Waals surface area contributed by atoms with Crippen LogP contribution in [-0.4, -0.2) is 10.9 Å². The number of carbonyl (C=O) groups excluding carboxylic acids is 1. The quantitative estimate of drug-likeness (QED) is 0.751. The molecule has 0 bridgehead atoms. The van der Waals surface area contributed by atoms with Crippen LogP contribution < -0.4 is 5.32 Å². The first-order valence-corrected chi connectivity index (χ1v) is 7.98. The summed E-state index contributed by atoms with van der Waals surface area (Å²) < 4.78 is 0. The standard InChI is InChI=1S/C19H14N2OS/c22-19(21-13-16-9-5-2-6-10-16)17-14-20-18(23-17)12-11-15-7-3-1-4-8-15/h1-10,14H,13H2,(H,21,22). The van der Waals surface area contributed by atoms with Gasteiger partial charge in [-0.15, -0.1) is 11.3 Å². The smallest absolute Gasteiger partial charge is 0.263 e. The van der Waals surface area contributed by atoms with Crippen LogP contribution in [0.3, 0.4) is 0 Å². The summed E-state index contributed by atoms with van der Waals surface area (Å²) in [5.74, 6) is 5.90. The van der Waals surface area contributed by atoms with E-state index >= 15 is 0 Å². The highest BCUT2D eigenvalue weighted by molar-refractivity contribution is 7.14. The molecule has 0 aliphatic heterocycles. The van der Waals surface area contributed by atoms with Gasteiger partial charge in [-0.3, -0.25) is 4.79 Å². The first-order chi connectivity index (χ1) is 11.3. The lowest BCUT2D eigenvalue weighted by molar-refractivity contribution is 0.0955. The lowest BCUT2D eigenvalue weighted by Gasteiger charge is -2.02. The van der Waals surface area contributed by atoms with Gasteiger partial charge in [0.2, 0.25) is 0 Å². The lowest BCUT2D eigenvalue weighted by atomic mass is 10.2. The highest BCUT2D eigenvalue weighted by Crippen LogP contribution is 2.12. The predicted molar refractivity (Wildman–Crippen MR) is 92.1 cm³/mol. The van der Waals surface area contributed by atoms with E-state index in [0.29, 0.717) is 16.4 Å². The van der Waals surface area contributed by atoms with Crippen molar-refractivity contribution in [2.45, 2.75) is 6.54 Å². The SMILES string of the molecule is O=C(NCc1ccccc1)c1cnc(C#Cc2ccccc2)s1. The van der Waals surface area contributed by atoms with Crippen LogP contribution in [0.4, 0.5) is 0 Å². The number of hydrogen-bond donors (Lipinski definition) is 1. The molecule has 0 fully saturated rings. The van der Waals surface area contributed by atoms with Crippen LogP contribution in [0, 0.1) is 11.8 Å². The van der Waals surface area contributed by atoms with Crippen LogP contribution >= 0.6 is 11.3 Å². The van der Waals surface area contributed by atoms with Crippen molar-refractivity contribution in [3.05, 3.63) is 87.9 Å². The number of amides is 1. The van der Waals surface area contributed by atoms with Crippen molar-refractivity contribution in [1.29, 1.82) is 0 Å². The zero-order valence-electron chi connectivity index (χ0n) is 12.3. The number of hydrogen-bond acceptors (Lipinski definition) is 3. The van der Waals surface area contributed by atoms with Crippen molar-refractivity contribution >= 4 is 17.2 Å². The molecule has 1 aromatic heterocycles. The molecule has 0 unspecified atom stereocenters. The minimum atomic E-state index is -0.126. The number of rotatable bonds is 3. The van der Waals surface area contributed by atoms with Gasteiger partial charge in [-0.05, 0) is 23.6 Å². The fourth-order valence-electron chi connectivity index (χ4n) is 1.95. The van der Waals surface area contributed by atoms with Gasteiger partial charge in [0.25, 0.3) is 5.91 Å². The Morgan fingerprint density at radius 2 is 1.70 bits per heavy atom. The molecule has 0 radical (unpaired) electrons. The van der Waals surface area contributed by atoms with Crippen molar-refractivity contribution in [3.8, 4) is 11.8 Å². The summed E-state index contributed by atoms with van der Waals surface area (Å²) in [6, 6.07) is 19.5. The fraction of sp³-hybridized carbons (Fsp3) is 0.0526. The second kappa shape index (κ2) is 7.39. The average molecular weight is 318 g/mol. The molecule has 23 heavy (non-hydrogen) atoms. The predicted octanol–water partition coefficient (Wildman–Crippen LogP) is 3.47. The van der Waals surface area contributed by atoms with Gasteiger partial charge in [0.05, 0.1) is 6.20 Å². The van der Waals surface area contributed by atoms with E-state index in [1.165, 1.54) is 11.3 Å². The Morgan fingerprint density at radius 3 is 2.43 bits per heavy atom. The Kier molecular flexibility index (Phi) is 4.82. The second-order valence-electron chi connectivity index (χ2n) is 4.81. The van der Waals surface area contributed by atoms with Gasteiger partial charge in [-0.25, -0.2) is 4.98 Å². The monoisotopic (exact) mass is 318 g/mol. The number of thiazole rings is 1. The first-order valence-electron chi connectivity index (χ1n) is 7.16. The maximum atomic E-state index is 12.1. The second-order valence-corrected chi connectivity index (χ2v) is 5.84. The molecule has 112 valence electrons. The van der Waals surface area contributed by atoms with Gasteiger partial charge >= 0.3 is 0 Å². The molecule has 3 rings (SSSR count). The molecule has 1 heterocycles. The van der Waals surface area contributed by atoms with E-state index < -0.39 is 0 Å². The Balaban J connectivity index is 1.63. The van der Waals surface area contributed by atoms with Crippen LogP contribution in [0.15, 0.2) is 66.9 Å². The van der Waals surface area contributed by atoms with Crippen LogP contribution in [0.2, 0.25) is 0 Å². The van der Waals surface area contributed by atoms with E-state index in [2.05, 4.69) is 22.1 Å². The third-order valence-electron chi connectivity index (χ3n) is 3.11. The van der Waals surface area contributed by atoms with Gasteiger partial charge < -0.3 is 5.32 Å². The van der Waals surface area contributed by atoms with Crippen molar-refractivity contribution in [2.24, 2.45) is 0 Å². The molecule has 1 N–H and O–H groups in total. The summed E-state index contributed by atoms with van der Waals surface area (Å²) in [6.07, 6.45) is 1.57. The van der Waals surface area contributed by atoms with Gasteiger partial charge in [0.15, 0.2) is 5.01 Å². The van der Waals surface area contributed by atoms with Crippen molar-refractivity contribution in [1.82, 2.24) is 10.3 Å². The van der Waals surface area contributed by atoms with Crippen molar-refractivity contribution in [2.75, 3.05) is 0 Å². The normalized spacial score (nSPS) is 9.74. The third-order valence-corrected chi connectivity index (χ3v) is 4.02. The van der Waals surface area contributed by atoms with Gasteiger partial charge in [-0.2, -0.15) is 0 Å². The van der Waals surface area contributed by atoms with E-state index in [4.69, 9.17) is 0 Å². The van der Waals surface area contributed by atoms with Crippen molar-refractivity contribution < 1.29 is 4.79 Å². The summed E-state index contributed by atoms with van der Waals surface area (Å²) in [6.45, 7) is 0.503. The van der Waals surface area contributed by atoms with Gasteiger partial charge in [-0.1, -0.05) is 54.5 Å². The molecule has 2 aromatic carbocycles. The molecule has 0 aliphatic rings. The van der Waals surface area contributed by atoms with E-state index in [0.717, 1.165) is 11.1 Å². The summed E-state index contributed by atoms with van der Waals surface area (Å²) in [5.41, 5.74) is 1.99. The Morgan fingerprint density at radius 1 is 1.00 bits per heavy atom. The molecule has 3 aromatic rings. The molecule has 0 saturated heterocycles. The van der Waals surface area contributed by atoms with Crippen LogP contribution in [-0.2, 0) is 6.54 Å². The summed E-state index contributed by atoms with van der Waals surface area (Å²) >= 11 is 1.30. The largest absolute Gasteiger partial charge is 0.347 e. The zero-order valence-corrected chi connectivity index (χ0v) is 13.1. The molecule has 1 amide bonds. The molecule has 0 aliphatic carbocycles. The third kappa shape index (κ3) is 4.29. The molecule has 3 nitrogen and oxygen atoms in total. The maximum Gasteiger partial charge on any atom is 0.263 e. The van der Waals surface area contributed by atoms with Crippen LogP contribution in [0.5, 0.6) is 0 Å². The highest BCUT2D eigenvalue weighted by atomic mass is 32.1. The van der Waals surface area contributed by atoms with Gasteiger partial charge in [0, 0.05) is 12.1 Å². The van der Waals surface area contributed by atoms with Gasteiger partial charge in [0.1, 0.15) is 4.88 Å². The van der Waals surface area contributed by atoms with E-state index in [9.17, 15) is 4.79 Å². The summed E-state index contributed by atoms with van der Waals surface area (Å²) in [5, 5.41) is 3.52. The molecule has 0 atom stereocenters. The minimum absolute atomic E-state index is 0.126. The molecule has 0 saturated carbocycles. The first kappa shape index (κ1) is 15.0. The Bertz CT molecular complexity index is 845. The minimum Gasteiger partial charge on any atom is -0.347 e. The molecule has 0 spiro atoms. The summed E-state index contributed by atoms with van der Waals surface area (Å²) in [7, 11) is 0. The zero-order chi connectivity index (χ0) is 15.9. The number of aromatic nitrogens is 1. The van der Waals surface area contributed by atoms with Crippen LogP contribution in [0.1, 0.15) is 25.8 Å². The molecular weight excluding hydrogens is 304 g/mol. The maximum absolute atomic E-state index is 12.1. The number of carbonyl (C=O) groups is 1. The number of nitrogens with one attached hydrogen (secondary N) is 1.